The number of hydrogen-bond acceptors (Lipinski definition) is 3. The lowest BCUT2D eigenvalue weighted by molar-refractivity contribution is 0.147. The van der Waals surface area contributed by atoms with Crippen LogP contribution in [0.1, 0.15) is 19.3 Å². The molecule has 1 atom stereocenters. The minimum atomic E-state index is -0.510. The molecule has 0 aliphatic carbocycles. The van der Waals surface area contributed by atoms with Crippen molar-refractivity contribution in [2.75, 3.05) is 25.5 Å². The average Bonchev–Trinajstić information content (AvgIpc) is 3.01. The summed E-state index contributed by atoms with van der Waals surface area (Å²) in [5.41, 5.74) is 1.62. The molecule has 3 rings (SSSR count). The highest BCUT2D eigenvalue weighted by Crippen LogP contribution is 2.29. The normalized spacial score (nSPS) is 17.4. The molecular formula is C20H23FN2O2. The molecule has 0 spiro atoms. The van der Waals surface area contributed by atoms with E-state index in [2.05, 4.69) is 17.3 Å². The first-order valence-corrected chi connectivity index (χ1v) is 8.63. The number of para-hydroxylation sites is 1. The van der Waals surface area contributed by atoms with Crippen LogP contribution in [0.5, 0.6) is 0 Å². The van der Waals surface area contributed by atoms with Crippen LogP contribution < -0.4 is 5.32 Å². The number of nitrogens with one attached hydrogen (secondary N) is 1. The maximum absolute atomic E-state index is 14.1. The number of anilines is 1. The van der Waals surface area contributed by atoms with Crippen LogP contribution in [-0.2, 0) is 4.74 Å². The van der Waals surface area contributed by atoms with Crippen molar-refractivity contribution in [1.29, 1.82) is 0 Å². The number of ether oxygens (including phenoxy) is 1. The molecule has 1 fully saturated rings. The maximum Gasteiger partial charge on any atom is 0.411 e. The number of likely N-dealkylation sites (tertiary alicyclic amines) is 1. The quantitative estimate of drug-likeness (QED) is 0.868. The van der Waals surface area contributed by atoms with E-state index in [1.807, 2.05) is 6.07 Å². The van der Waals surface area contributed by atoms with E-state index in [9.17, 15) is 9.18 Å². The van der Waals surface area contributed by atoms with E-state index in [-0.39, 0.29) is 5.82 Å². The number of rotatable bonds is 5. The first-order chi connectivity index (χ1) is 12.1. The fourth-order valence-corrected chi connectivity index (χ4v) is 3.28. The lowest BCUT2D eigenvalue weighted by atomic mass is 10.0. The lowest BCUT2D eigenvalue weighted by Gasteiger charge is -2.19. The van der Waals surface area contributed by atoms with Crippen molar-refractivity contribution >= 4 is 11.8 Å². The van der Waals surface area contributed by atoms with E-state index in [0.717, 1.165) is 19.4 Å². The van der Waals surface area contributed by atoms with Gasteiger partial charge in [-0.05, 0) is 45.0 Å². The van der Waals surface area contributed by atoms with Gasteiger partial charge in [0.1, 0.15) is 5.82 Å². The predicted molar refractivity (Wildman–Crippen MR) is 97.1 cm³/mol. The molecule has 4 nitrogen and oxygen atoms in total. The summed E-state index contributed by atoms with van der Waals surface area (Å²) < 4.78 is 19.4. The van der Waals surface area contributed by atoms with Gasteiger partial charge < -0.3 is 9.64 Å². The Hall–Kier alpha value is -2.40. The molecule has 1 saturated heterocycles. The molecule has 0 radical (unpaired) electrons. The topological polar surface area (TPSA) is 41.6 Å². The number of carbonyl (C=O) groups excluding carboxylic acids is 1. The van der Waals surface area contributed by atoms with Gasteiger partial charge in [0.25, 0.3) is 0 Å². The van der Waals surface area contributed by atoms with Gasteiger partial charge in [-0.15, -0.1) is 0 Å². The second-order valence-electron chi connectivity index (χ2n) is 6.35. The average molecular weight is 342 g/mol. The van der Waals surface area contributed by atoms with Gasteiger partial charge in [-0.25, -0.2) is 9.18 Å². The Morgan fingerprint density at radius 1 is 1.20 bits per heavy atom. The fraction of sp³-hybridized carbons (Fsp3) is 0.350. The first-order valence-electron chi connectivity index (χ1n) is 8.63. The van der Waals surface area contributed by atoms with E-state index in [1.165, 1.54) is 12.5 Å². The molecule has 1 heterocycles. The minimum Gasteiger partial charge on any atom is -0.449 e. The molecule has 0 aromatic heterocycles. The Bertz CT molecular complexity index is 735. The number of hydrogen-bond donors (Lipinski definition) is 1. The van der Waals surface area contributed by atoms with Gasteiger partial charge in [0.15, 0.2) is 0 Å². The van der Waals surface area contributed by atoms with Crippen molar-refractivity contribution in [3.63, 3.8) is 0 Å². The van der Waals surface area contributed by atoms with Crippen molar-refractivity contribution < 1.29 is 13.9 Å². The number of amides is 1. The molecule has 0 bridgehead atoms. The first kappa shape index (κ1) is 17.4. The summed E-state index contributed by atoms with van der Waals surface area (Å²) in [6, 6.07) is 14.1. The predicted octanol–water partition coefficient (Wildman–Crippen LogP) is 4.53. The van der Waals surface area contributed by atoms with Gasteiger partial charge in [-0.3, -0.25) is 5.32 Å². The number of carbonyl (C=O) groups is 1. The summed E-state index contributed by atoms with van der Waals surface area (Å²) >= 11 is 0. The Labute approximate surface area is 147 Å². The van der Waals surface area contributed by atoms with Crippen molar-refractivity contribution in [1.82, 2.24) is 4.90 Å². The van der Waals surface area contributed by atoms with Crippen LogP contribution in [-0.4, -0.2) is 37.2 Å². The Kier molecular flexibility index (Phi) is 5.66. The molecule has 1 amide bonds. The Morgan fingerprint density at radius 3 is 2.64 bits per heavy atom. The fourth-order valence-electron chi connectivity index (χ4n) is 3.28. The van der Waals surface area contributed by atoms with Crippen molar-refractivity contribution in [3.05, 3.63) is 54.3 Å². The SMILES string of the molecule is CN1CCCC1CCOC(=O)Nc1ccccc1-c1ccccc1F. The van der Waals surface area contributed by atoms with Crippen LogP contribution in [0.2, 0.25) is 0 Å². The van der Waals surface area contributed by atoms with Gasteiger partial charge in [0, 0.05) is 17.2 Å². The zero-order valence-corrected chi connectivity index (χ0v) is 14.4. The molecule has 1 aliphatic rings. The van der Waals surface area contributed by atoms with Gasteiger partial charge in [0.05, 0.1) is 12.3 Å². The lowest BCUT2D eigenvalue weighted by Crippen LogP contribution is -2.27. The van der Waals surface area contributed by atoms with Crippen molar-refractivity contribution in [2.24, 2.45) is 0 Å². The van der Waals surface area contributed by atoms with Crippen LogP contribution in [0.3, 0.4) is 0 Å². The van der Waals surface area contributed by atoms with Crippen LogP contribution in [0.4, 0.5) is 14.9 Å². The summed E-state index contributed by atoms with van der Waals surface area (Å²) in [7, 11) is 2.10. The van der Waals surface area contributed by atoms with Gasteiger partial charge in [-0.1, -0.05) is 36.4 Å². The minimum absolute atomic E-state index is 0.325. The second kappa shape index (κ2) is 8.12. The molecule has 1 N–H and O–H groups in total. The van der Waals surface area contributed by atoms with E-state index in [4.69, 9.17) is 4.74 Å². The Morgan fingerprint density at radius 2 is 1.92 bits per heavy atom. The van der Waals surface area contributed by atoms with Crippen LogP contribution in [0.15, 0.2) is 48.5 Å². The van der Waals surface area contributed by atoms with Gasteiger partial charge in [0.2, 0.25) is 0 Å². The molecule has 1 unspecified atom stereocenters. The maximum atomic E-state index is 14.1. The monoisotopic (exact) mass is 342 g/mol. The summed E-state index contributed by atoms with van der Waals surface area (Å²) in [5.74, 6) is -0.325. The third-order valence-corrected chi connectivity index (χ3v) is 4.68. The zero-order chi connectivity index (χ0) is 17.6. The number of halogens is 1. The van der Waals surface area contributed by atoms with Crippen LogP contribution in [0, 0.1) is 5.82 Å². The van der Waals surface area contributed by atoms with Crippen molar-refractivity contribution in [2.45, 2.75) is 25.3 Å². The largest absolute Gasteiger partial charge is 0.449 e. The summed E-state index contributed by atoms with van der Waals surface area (Å²) in [6.45, 7) is 1.48. The van der Waals surface area contributed by atoms with Crippen LogP contribution >= 0.6 is 0 Å². The number of benzene rings is 2. The molecule has 25 heavy (non-hydrogen) atoms. The number of nitrogens with zero attached hydrogens (tertiary/aromatic N) is 1. The zero-order valence-electron chi connectivity index (χ0n) is 14.4. The molecule has 132 valence electrons. The molecule has 2 aromatic carbocycles. The highest BCUT2D eigenvalue weighted by atomic mass is 19.1. The third kappa shape index (κ3) is 4.37. The molecule has 1 aliphatic heterocycles. The smallest absolute Gasteiger partial charge is 0.411 e. The van der Waals surface area contributed by atoms with E-state index >= 15 is 0 Å². The summed E-state index contributed by atoms with van der Waals surface area (Å²) in [5, 5.41) is 2.73. The molecule has 2 aromatic rings. The Balaban J connectivity index is 1.61. The second-order valence-corrected chi connectivity index (χ2v) is 6.35. The van der Waals surface area contributed by atoms with E-state index in [1.54, 1.807) is 36.4 Å². The van der Waals surface area contributed by atoms with Crippen molar-refractivity contribution in [3.8, 4) is 11.1 Å². The van der Waals surface area contributed by atoms with Crippen LogP contribution in [0.25, 0.3) is 11.1 Å². The highest BCUT2D eigenvalue weighted by molar-refractivity contribution is 5.91. The molecule has 0 saturated carbocycles. The van der Waals surface area contributed by atoms with E-state index in [0.29, 0.717) is 29.5 Å². The van der Waals surface area contributed by atoms with E-state index < -0.39 is 6.09 Å². The third-order valence-electron chi connectivity index (χ3n) is 4.68. The molecular weight excluding hydrogens is 319 g/mol. The van der Waals surface area contributed by atoms with Gasteiger partial charge in [-0.2, -0.15) is 0 Å². The molecule has 5 heteroatoms. The highest BCUT2D eigenvalue weighted by Gasteiger charge is 2.21. The summed E-state index contributed by atoms with van der Waals surface area (Å²) in [4.78, 5) is 14.4. The summed E-state index contributed by atoms with van der Waals surface area (Å²) in [6.07, 6.45) is 2.67. The standard InChI is InChI=1S/C20H23FN2O2/c1-23-13-6-7-15(23)12-14-25-20(24)22-19-11-5-3-9-17(19)16-8-2-4-10-18(16)21/h2-5,8-11,15H,6-7,12-14H2,1H3,(H,22,24). The van der Waals surface area contributed by atoms with Gasteiger partial charge >= 0.3 is 6.09 Å².